The number of benzene rings is 1. The molecule has 3 nitrogen and oxygen atoms in total. The van der Waals surface area contributed by atoms with E-state index in [4.69, 9.17) is 10.00 Å². The molecule has 0 unspecified atom stereocenters. The second-order valence-corrected chi connectivity index (χ2v) is 2.98. The number of carbonyl (C=O) groups is 1. The third-order valence-electron chi connectivity index (χ3n) is 1.95. The lowest BCUT2D eigenvalue weighted by Crippen LogP contribution is -1.97. The molecule has 0 aliphatic rings. The SMILES string of the molecule is COc1ccc(/C=C/C#N)cc1C(C)=O. The maximum absolute atomic E-state index is 11.3. The van der Waals surface area contributed by atoms with Gasteiger partial charge in [0, 0.05) is 6.08 Å². The summed E-state index contributed by atoms with van der Waals surface area (Å²) >= 11 is 0. The van der Waals surface area contributed by atoms with Gasteiger partial charge >= 0.3 is 0 Å². The predicted molar refractivity (Wildman–Crippen MR) is 57.6 cm³/mol. The lowest BCUT2D eigenvalue weighted by molar-refractivity contribution is 0.101. The molecule has 3 heteroatoms. The van der Waals surface area contributed by atoms with E-state index in [2.05, 4.69) is 0 Å². The van der Waals surface area contributed by atoms with Crippen molar-refractivity contribution in [2.45, 2.75) is 6.92 Å². The van der Waals surface area contributed by atoms with Crippen LogP contribution in [0, 0.1) is 11.3 Å². The number of methoxy groups -OCH3 is 1. The fourth-order valence-corrected chi connectivity index (χ4v) is 1.24. The summed E-state index contributed by atoms with van der Waals surface area (Å²) in [6.07, 6.45) is 3.01. The minimum Gasteiger partial charge on any atom is -0.496 e. The Morgan fingerprint density at radius 2 is 2.27 bits per heavy atom. The number of hydrogen-bond donors (Lipinski definition) is 0. The van der Waals surface area contributed by atoms with Gasteiger partial charge in [-0.3, -0.25) is 4.79 Å². The van der Waals surface area contributed by atoms with Crippen molar-refractivity contribution in [3.8, 4) is 11.8 Å². The summed E-state index contributed by atoms with van der Waals surface area (Å²) in [5.74, 6) is 0.496. The van der Waals surface area contributed by atoms with E-state index in [1.54, 1.807) is 24.3 Å². The third kappa shape index (κ3) is 2.68. The van der Waals surface area contributed by atoms with E-state index in [0.29, 0.717) is 11.3 Å². The minimum absolute atomic E-state index is 0.0564. The molecule has 15 heavy (non-hydrogen) atoms. The molecule has 0 radical (unpaired) electrons. The predicted octanol–water partition coefficient (Wildman–Crippen LogP) is 2.43. The molecule has 0 aliphatic heterocycles. The van der Waals surface area contributed by atoms with Gasteiger partial charge in [0.05, 0.1) is 18.7 Å². The average molecular weight is 201 g/mol. The number of hydrogen-bond acceptors (Lipinski definition) is 3. The van der Waals surface area contributed by atoms with Gasteiger partial charge in [0.2, 0.25) is 0 Å². The average Bonchev–Trinajstić information content (AvgIpc) is 2.25. The summed E-state index contributed by atoms with van der Waals surface area (Å²) in [5, 5.41) is 8.38. The first kappa shape index (κ1) is 11.0. The van der Waals surface area contributed by atoms with Crippen LogP contribution < -0.4 is 4.74 Å². The van der Waals surface area contributed by atoms with Crippen LogP contribution in [0.15, 0.2) is 24.3 Å². The summed E-state index contributed by atoms with van der Waals surface area (Å²) in [6, 6.07) is 7.11. The summed E-state index contributed by atoms with van der Waals surface area (Å²) in [7, 11) is 1.52. The molecular formula is C12H11NO2. The number of allylic oxidation sites excluding steroid dienone is 1. The third-order valence-corrected chi connectivity index (χ3v) is 1.95. The van der Waals surface area contributed by atoms with Gasteiger partial charge in [0.15, 0.2) is 5.78 Å². The van der Waals surface area contributed by atoms with Crippen molar-refractivity contribution in [2.75, 3.05) is 7.11 Å². The fourth-order valence-electron chi connectivity index (χ4n) is 1.24. The zero-order chi connectivity index (χ0) is 11.3. The van der Waals surface area contributed by atoms with Crippen molar-refractivity contribution in [3.05, 3.63) is 35.4 Å². The maximum Gasteiger partial charge on any atom is 0.163 e. The van der Waals surface area contributed by atoms with Gasteiger partial charge in [0.25, 0.3) is 0 Å². The molecule has 0 bridgehead atoms. The fraction of sp³-hybridized carbons (Fsp3) is 0.167. The van der Waals surface area contributed by atoms with Gasteiger partial charge in [-0.15, -0.1) is 0 Å². The molecule has 0 fully saturated rings. The highest BCUT2D eigenvalue weighted by Gasteiger charge is 2.07. The van der Waals surface area contributed by atoms with Crippen molar-refractivity contribution >= 4 is 11.9 Å². The molecule has 0 spiro atoms. The Hall–Kier alpha value is -2.08. The first-order valence-electron chi connectivity index (χ1n) is 4.44. The molecule has 0 saturated carbocycles. The van der Waals surface area contributed by atoms with Crippen LogP contribution in [0.1, 0.15) is 22.8 Å². The van der Waals surface area contributed by atoms with E-state index >= 15 is 0 Å². The van der Waals surface area contributed by atoms with E-state index in [1.807, 2.05) is 6.07 Å². The number of Topliss-reactive ketones (excluding diaryl/α,β-unsaturated/α-hetero) is 1. The molecule has 1 aromatic carbocycles. The largest absolute Gasteiger partial charge is 0.496 e. The van der Waals surface area contributed by atoms with Gasteiger partial charge in [-0.2, -0.15) is 5.26 Å². The normalized spacial score (nSPS) is 9.93. The lowest BCUT2D eigenvalue weighted by atomic mass is 10.1. The van der Waals surface area contributed by atoms with E-state index in [9.17, 15) is 4.79 Å². The summed E-state index contributed by atoms with van der Waals surface area (Å²) < 4.78 is 5.06. The first-order valence-corrected chi connectivity index (χ1v) is 4.44. The highest BCUT2D eigenvalue weighted by molar-refractivity contribution is 5.97. The van der Waals surface area contributed by atoms with Crippen LogP contribution in [0.5, 0.6) is 5.75 Å². The van der Waals surface area contributed by atoms with Crippen LogP contribution in [0.25, 0.3) is 6.08 Å². The molecule has 0 aromatic heterocycles. The highest BCUT2D eigenvalue weighted by Crippen LogP contribution is 2.20. The molecule has 0 amide bonds. The van der Waals surface area contributed by atoms with Crippen LogP contribution in [-0.4, -0.2) is 12.9 Å². The quantitative estimate of drug-likeness (QED) is 0.557. The van der Waals surface area contributed by atoms with Gasteiger partial charge in [-0.05, 0) is 30.7 Å². The summed E-state index contributed by atoms with van der Waals surface area (Å²) in [6.45, 7) is 1.48. The molecule has 0 aliphatic carbocycles. The van der Waals surface area contributed by atoms with Crippen molar-refractivity contribution in [1.29, 1.82) is 5.26 Å². The number of ketones is 1. The van der Waals surface area contributed by atoms with E-state index in [1.165, 1.54) is 20.1 Å². The molecule has 1 aromatic rings. The Kier molecular flexibility index (Phi) is 3.64. The van der Waals surface area contributed by atoms with Gasteiger partial charge in [-0.1, -0.05) is 6.07 Å². The van der Waals surface area contributed by atoms with E-state index in [0.717, 1.165) is 5.56 Å². The Balaban J connectivity index is 3.17. The van der Waals surface area contributed by atoms with Crippen LogP contribution in [0.2, 0.25) is 0 Å². The van der Waals surface area contributed by atoms with Crippen LogP contribution in [0.4, 0.5) is 0 Å². The minimum atomic E-state index is -0.0564. The Morgan fingerprint density at radius 3 is 2.80 bits per heavy atom. The maximum atomic E-state index is 11.3. The topological polar surface area (TPSA) is 50.1 Å². The Morgan fingerprint density at radius 1 is 1.53 bits per heavy atom. The molecule has 0 heterocycles. The molecule has 0 atom stereocenters. The highest BCUT2D eigenvalue weighted by atomic mass is 16.5. The molecule has 0 saturated heterocycles. The summed E-state index contributed by atoms with van der Waals surface area (Å²) in [5.41, 5.74) is 1.33. The second kappa shape index (κ2) is 4.97. The molecular weight excluding hydrogens is 190 g/mol. The van der Waals surface area contributed by atoms with Crippen LogP contribution in [-0.2, 0) is 0 Å². The van der Waals surface area contributed by atoms with Crippen molar-refractivity contribution < 1.29 is 9.53 Å². The van der Waals surface area contributed by atoms with Crippen LogP contribution >= 0.6 is 0 Å². The van der Waals surface area contributed by atoms with Gasteiger partial charge < -0.3 is 4.74 Å². The zero-order valence-corrected chi connectivity index (χ0v) is 8.65. The Labute approximate surface area is 88.6 Å². The monoisotopic (exact) mass is 201 g/mol. The van der Waals surface area contributed by atoms with E-state index < -0.39 is 0 Å². The molecule has 1 rings (SSSR count). The smallest absolute Gasteiger partial charge is 0.163 e. The zero-order valence-electron chi connectivity index (χ0n) is 8.65. The molecule has 76 valence electrons. The van der Waals surface area contributed by atoms with Crippen molar-refractivity contribution in [3.63, 3.8) is 0 Å². The van der Waals surface area contributed by atoms with Crippen molar-refractivity contribution in [2.24, 2.45) is 0 Å². The van der Waals surface area contributed by atoms with E-state index in [-0.39, 0.29) is 5.78 Å². The number of rotatable bonds is 3. The molecule has 0 N–H and O–H groups in total. The van der Waals surface area contributed by atoms with Crippen molar-refractivity contribution in [1.82, 2.24) is 0 Å². The van der Waals surface area contributed by atoms with Gasteiger partial charge in [0.1, 0.15) is 5.75 Å². The second-order valence-electron chi connectivity index (χ2n) is 2.98. The number of ether oxygens (including phenoxy) is 1. The van der Waals surface area contributed by atoms with Gasteiger partial charge in [-0.25, -0.2) is 0 Å². The number of nitrogens with zero attached hydrogens (tertiary/aromatic N) is 1. The number of carbonyl (C=O) groups excluding carboxylic acids is 1. The summed E-state index contributed by atoms with van der Waals surface area (Å²) in [4.78, 5) is 11.3. The Bertz CT molecular complexity index is 441. The lowest BCUT2D eigenvalue weighted by Gasteiger charge is -2.05. The standard InChI is InChI=1S/C12H11NO2/c1-9(14)11-8-10(4-3-7-13)5-6-12(11)15-2/h3-6,8H,1-2H3/b4-3+. The number of nitriles is 1. The van der Waals surface area contributed by atoms with Crippen LogP contribution in [0.3, 0.4) is 0 Å². The first-order chi connectivity index (χ1) is 7.19.